The monoisotopic (exact) mass is 316 g/mol. The molecule has 0 spiro atoms. The normalized spacial score (nSPS) is 10.8. The summed E-state index contributed by atoms with van der Waals surface area (Å²) in [6.07, 6.45) is 5.88. The van der Waals surface area contributed by atoms with E-state index in [4.69, 9.17) is 0 Å². The van der Waals surface area contributed by atoms with Gasteiger partial charge in [-0.2, -0.15) is 0 Å². The zero-order chi connectivity index (χ0) is 10.1. The zero-order valence-corrected chi connectivity index (χ0v) is 10.8. The number of fused-ring (bicyclic) bond motifs is 1. The van der Waals surface area contributed by atoms with Crippen LogP contribution in [0.25, 0.3) is 5.65 Å². The van der Waals surface area contributed by atoms with Gasteiger partial charge in [0.25, 0.3) is 0 Å². The second-order valence-electron chi connectivity index (χ2n) is 2.74. The molecule has 2 heterocycles. The van der Waals surface area contributed by atoms with Crippen molar-refractivity contribution in [1.29, 1.82) is 0 Å². The van der Waals surface area contributed by atoms with Gasteiger partial charge in [-0.1, -0.05) is 6.82 Å². The van der Waals surface area contributed by atoms with Crippen molar-refractivity contribution in [2.24, 2.45) is 0 Å². The smallest absolute Gasteiger partial charge is 0.176 e. The van der Waals surface area contributed by atoms with Crippen LogP contribution in [0.1, 0.15) is 0 Å². The number of imidazole rings is 1. The molecule has 71 valence electrons. The summed E-state index contributed by atoms with van der Waals surface area (Å²) in [6.45, 7) is 1.99. The third-order valence-electron chi connectivity index (χ3n) is 1.92. The highest BCUT2D eigenvalue weighted by molar-refractivity contribution is 14.1. The first-order chi connectivity index (χ1) is 6.76. The van der Waals surface area contributed by atoms with Gasteiger partial charge in [-0.15, -0.1) is 11.8 Å². The Morgan fingerprint density at radius 2 is 2.36 bits per heavy atom. The van der Waals surface area contributed by atoms with Crippen molar-refractivity contribution in [3.05, 3.63) is 16.1 Å². The van der Waals surface area contributed by atoms with Crippen LogP contribution in [-0.4, -0.2) is 27.9 Å². The summed E-state index contributed by atoms with van der Waals surface area (Å²) in [7, 11) is 2.00. The number of aromatic nitrogens is 3. The van der Waals surface area contributed by atoms with E-state index in [9.17, 15) is 0 Å². The molecule has 2 rings (SSSR count). The summed E-state index contributed by atoms with van der Waals surface area (Å²) < 4.78 is 3.17. The Morgan fingerprint density at radius 3 is 3.00 bits per heavy atom. The van der Waals surface area contributed by atoms with Crippen LogP contribution >= 0.6 is 34.4 Å². The van der Waals surface area contributed by atoms with E-state index in [1.165, 1.54) is 0 Å². The lowest BCUT2D eigenvalue weighted by Crippen LogP contribution is -2.18. The molecule has 0 saturated carbocycles. The largest absolute Gasteiger partial charge is 0.292 e. The lowest BCUT2D eigenvalue weighted by Gasteiger charge is -2.03. The van der Waals surface area contributed by atoms with Gasteiger partial charge < -0.3 is 0 Å². The van der Waals surface area contributed by atoms with E-state index in [2.05, 4.69) is 37.0 Å². The minimum Gasteiger partial charge on any atom is -0.292 e. The van der Waals surface area contributed by atoms with Gasteiger partial charge in [0.15, 0.2) is 12.9 Å². The molecule has 0 saturated heterocycles. The van der Waals surface area contributed by atoms with Gasteiger partial charge in [0.05, 0.1) is 6.20 Å². The number of rotatable bonds is 2. The molecule has 0 bridgehead atoms. The molecule has 3 nitrogen and oxygen atoms in total. The molecule has 0 aliphatic heterocycles. The van der Waals surface area contributed by atoms with E-state index in [1.807, 2.05) is 32.8 Å². The fourth-order valence-corrected chi connectivity index (χ4v) is 2.26. The van der Waals surface area contributed by atoms with Crippen molar-refractivity contribution in [2.45, 2.75) is 11.8 Å². The van der Waals surface area contributed by atoms with E-state index in [-0.39, 0.29) is 0 Å². The summed E-state index contributed by atoms with van der Waals surface area (Å²) in [6, 6.07) is 0. The van der Waals surface area contributed by atoms with Gasteiger partial charge in [0, 0.05) is 11.8 Å². The van der Waals surface area contributed by atoms with E-state index in [1.54, 1.807) is 11.8 Å². The van der Waals surface area contributed by atoms with Crippen LogP contribution in [-0.2, 0) is 0 Å². The molecule has 0 unspecified atom stereocenters. The predicted molar refractivity (Wildman–Crippen MR) is 68.7 cm³/mol. The van der Waals surface area contributed by atoms with Gasteiger partial charge in [-0.3, -0.25) is 9.38 Å². The van der Waals surface area contributed by atoms with Crippen LogP contribution < -0.4 is 5.59 Å². The van der Waals surface area contributed by atoms with Gasteiger partial charge >= 0.3 is 0 Å². The van der Waals surface area contributed by atoms with E-state index in [0.29, 0.717) is 0 Å². The zero-order valence-electron chi connectivity index (χ0n) is 7.86. The summed E-state index contributed by atoms with van der Waals surface area (Å²) in [4.78, 5) is 8.79. The molecule has 6 heteroatoms. The van der Waals surface area contributed by atoms with Crippen molar-refractivity contribution in [2.75, 3.05) is 6.26 Å². The number of nitrogens with zero attached hydrogens (tertiary/aromatic N) is 3. The number of hydrogen-bond acceptors (Lipinski definition) is 3. The molecule has 0 atom stereocenters. The lowest BCUT2D eigenvalue weighted by molar-refractivity contribution is 1.05. The maximum absolute atomic E-state index is 4.47. The third kappa shape index (κ3) is 1.65. The first kappa shape index (κ1) is 10.3. The lowest BCUT2D eigenvalue weighted by atomic mass is 9.78. The Morgan fingerprint density at radius 1 is 1.57 bits per heavy atom. The van der Waals surface area contributed by atoms with Gasteiger partial charge in [-0.05, 0) is 28.8 Å². The molecule has 0 aliphatic carbocycles. The van der Waals surface area contributed by atoms with Crippen molar-refractivity contribution in [3.8, 4) is 0 Å². The van der Waals surface area contributed by atoms with Crippen LogP contribution in [0.5, 0.6) is 0 Å². The number of thioether (sulfide) groups is 1. The summed E-state index contributed by atoms with van der Waals surface area (Å²) in [5.74, 6) is 0. The fraction of sp³-hybridized carbons (Fsp3) is 0.250. The second kappa shape index (κ2) is 4.10. The van der Waals surface area contributed by atoms with Crippen LogP contribution in [0, 0.1) is 3.70 Å². The summed E-state index contributed by atoms with van der Waals surface area (Å²) >= 11 is 3.89. The van der Waals surface area contributed by atoms with Crippen molar-refractivity contribution < 1.29 is 0 Å². The van der Waals surface area contributed by atoms with Gasteiger partial charge in [0.2, 0.25) is 0 Å². The Bertz CT molecular complexity index is 471. The minimum absolute atomic E-state index is 0.938. The first-order valence-corrected chi connectivity index (χ1v) is 6.43. The predicted octanol–water partition coefficient (Wildman–Crippen LogP) is 1.43. The van der Waals surface area contributed by atoms with Crippen molar-refractivity contribution in [3.63, 3.8) is 0 Å². The first-order valence-electron chi connectivity index (χ1n) is 4.13. The molecule has 14 heavy (non-hydrogen) atoms. The average Bonchev–Trinajstić information content (AvgIpc) is 2.59. The molecule has 0 aliphatic rings. The van der Waals surface area contributed by atoms with Gasteiger partial charge in [-0.25, -0.2) is 4.98 Å². The van der Waals surface area contributed by atoms with Crippen LogP contribution in [0.15, 0.2) is 17.4 Å². The Hall–Kier alpha value is -0.235. The van der Waals surface area contributed by atoms with Crippen LogP contribution in [0.4, 0.5) is 0 Å². The highest BCUT2D eigenvalue weighted by atomic mass is 127. The van der Waals surface area contributed by atoms with Crippen molar-refractivity contribution in [1.82, 2.24) is 14.4 Å². The van der Waals surface area contributed by atoms with Crippen molar-refractivity contribution >= 4 is 52.9 Å². The van der Waals surface area contributed by atoms with Crippen LogP contribution in [0.3, 0.4) is 0 Å². The Balaban J connectivity index is 2.76. The highest BCUT2D eigenvalue weighted by Crippen LogP contribution is 2.18. The van der Waals surface area contributed by atoms with Crippen LogP contribution in [0.2, 0.25) is 6.82 Å². The molecule has 2 aromatic heterocycles. The molecular formula is C8H8BIN3S. The Labute approximate surface area is 101 Å². The summed E-state index contributed by atoms with van der Waals surface area (Å²) in [5.41, 5.74) is 1.92. The number of hydrogen-bond donors (Lipinski definition) is 0. The molecule has 1 radical (unpaired) electrons. The van der Waals surface area contributed by atoms with E-state index >= 15 is 0 Å². The third-order valence-corrected chi connectivity index (χ3v) is 3.38. The van der Waals surface area contributed by atoms with E-state index in [0.717, 1.165) is 20.0 Å². The topological polar surface area (TPSA) is 30.2 Å². The maximum atomic E-state index is 4.47. The number of halogens is 1. The maximum Gasteiger partial charge on any atom is 0.176 e. The highest BCUT2D eigenvalue weighted by Gasteiger charge is 2.08. The standard InChI is InChI=1S/C8H8BIN3S/c1-9-5-4-13-6(10)3-11-7(13)8(12-5)14-2/h3-4H,1-2H3. The minimum atomic E-state index is 0.938. The Kier molecular flexibility index (Phi) is 3.01. The fourth-order valence-electron chi connectivity index (χ4n) is 1.23. The average molecular weight is 316 g/mol. The molecule has 0 amide bonds. The molecule has 0 N–H and O–H groups in total. The SMILES string of the molecule is C[B]c1cn2c(I)cnc2c(SC)n1. The molecule has 0 fully saturated rings. The van der Waals surface area contributed by atoms with E-state index < -0.39 is 0 Å². The molecule has 0 aromatic carbocycles. The summed E-state index contributed by atoms with van der Waals surface area (Å²) in [5, 5.41) is 0.975. The quantitative estimate of drug-likeness (QED) is 0.477. The second-order valence-corrected chi connectivity index (χ2v) is 4.64. The molecule has 2 aromatic rings. The molecular weight excluding hydrogens is 308 g/mol. The van der Waals surface area contributed by atoms with Gasteiger partial charge in [0.1, 0.15) is 8.73 Å².